The third kappa shape index (κ3) is 7.78. The SMILES string of the molecule is FCCOCCOCCF. The standard InChI is InChI=1S/C6H12F2O2/c7-1-3-9-5-6-10-4-2-8/h1-6H2. The second-order valence-corrected chi connectivity index (χ2v) is 1.60. The van der Waals surface area contributed by atoms with E-state index in [1.165, 1.54) is 0 Å². The summed E-state index contributed by atoms with van der Waals surface area (Å²) in [5.41, 5.74) is 0. The van der Waals surface area contributed by atoms with E-state index in [9.17, 15) is 8.78 Å². The van der Waals surface area contributed by atoms with Crippen molar-refractivity contribution in [3.05, 3.63) is 0 Å². The maximum Gasteiger partial charge on any atom is 0.113 e. The molecule has 0 atom stereocenters. The molecule has 0 aromatic rings. The minimum Gasteiger partial charge on any atom is -0.376 e. The largest absolute Gasteiger partial charge is 0.376 e. The van der Waals surface area contributed by atoms with Crippen molar-refractivity contribution in [1.29, 1.82) is 0 Å². The predicted molar refractivity (Wildman–Crippen MR) is 33.6 cm³/mol. The number of hydrogen-bond donors (Lipinski definition) is 0. The molecule has 0 radical (unpaired) electrons. The van der Waals surface area contributed by atoms with Gasteiger partial charge in [-0.3, -0.25) is 0 Å². The highest BCUT2D eigenvalue weighted by Crippen LogP contribution is 1.79. The molecule has 10 heavy (non-hydrogen) atoms. The van der Waals surface area contributed by atoms with Crippen LogP contribution in [-0.4, -0.2) is 39.8 Å². The van der Waals surface area contributed by atoms with Gasteiger partial charge in [0, 0.05) is 0 Å². The molecule has 0 aliphatic rings. The molecule has 0 amide bonds. The first kappa shape index (κ1) is 9.78. The second kappa shape index (κ2) is 8.78. The van der Waals surface area contributed by atoms with Gasteiger partial charge in [-0.05, 0) is 0 Å². The number of hydrogen-bond acceptors (Lipinski definition) is 2. The van der Waals surface area contributed by atoms with Crippen LogP contribution in [0.25, 0.3) is 0 Å². The van der Waals surface area contributed by atoms with Gasteiger partial charge in [0.1, 0.15) is 13.3 Å². The van der Waals surface area contributed by atoms with Crippen LogP contribution in [0.2, 0.25) is 0 Å². The summed E-state index contributed by atoms with van der Waals surface area (Å²) in [6.45, 7) is -0.0992. The first-order valence-corrected chi connectivity index (χ1v) is 3.19. The van der Waals surface area contributed by atoms with E-state index in [1.54, 1.807) is 0 Å². The normalized spacial score (nSPS) is 10.2. The van der Waals surface area contributed by atoms with Crippen molar-refractivity contribution in [3.63, 3.8) is 0 Å². The average molecular weight is 154 g/mol. The van der Waals surface area contributed by atoms with Gasteiger partial charge in [0.2, 0.25) is 0 Å². The summed E-state index contributed by atoms with van der Waals surface area (Å²) in [7, 11) is 0. The smallest absolute Gasteiger partial charge is 0.113 e. The van der Waals surface area contributed by atoms with Gasteiger partial charge in [-0.1, -0.05) is 0 Å². The quantitative estimate of drug-likeness (QED) is 0.508. The fourth-order valence-electron chi connectivity index (χ4n) is 0.431. The number of ether oxygens (including phenoxy) is 2. The van der Waals surface area contributed by atoms with Crippen molar-refractivity contribution in [2.45, 2.75) is 0 Å². The summed E-state index contributed by atoms with van der Waals surface area (Å²) < 4.78 is 32.1. The van der Waals surface area contributed by atoms with Crippen LogP contribution in [0.15, 0.2) is 0 Å². The minimum absolute atomic E-state index is 0.0962. The fraction of sp³-hybridized carbons (Fsp3) is 1.00. The molecule has 0 aliphatic carbocycles. The van der Waals surface area contributed by atoms with E-state index in [1.807, 2.05) is 0 Å². The Balaban J connectivity index is 2.65. The van der Waals surface area contributed by atoms with E-state index in [2.05, 4.69) is 0 Å². The molecular weight excluding hydrogens is 142 g/mol. The third-order valence-electron chi connectivity index (χ3n) is 0.815. The molecule has 0 spiro atoms. The number of alkyl halides is 2. The first-order valence-electron chi connectivity index (χ1n) is 3.19. The Kier molecular flexibility index (Phi) is 8.59. The number of halogens is 2. The van der Waals surface area contributed by atoms with E-state index in [0.717, 1.165) is 0 Å². The van der Waals surface area contributed by atoms with Crippen LogP contribution in [0.4, 0.5) is 8.78 Å². The van der Waals surface area contributed by atoms with Gasteiger partial charge in [-0.25, -0.2) is 8.78 Å². The fourth-order valence-corrected chi connectivity index (χ4v) is 0.431. The van der Waals surface area contributed by atoms with Gasteiger partial charge < -0.3 is 9.47 Å². The van der Waals surface area contributed by atoms with Gasteiger partial charge >= 0.3 is 0 Å². The molecule has 0 N–H and O–H groups in total. The lowest BCUT2D eigenvalue weighted by atomic mass is 10.7. The average Bonchev–Trinajstić information content (AvgIpc) is 1.97. The van der Waals surface area contributed by atoms with E-state index < -0.39 is 13.3 Å². The zero-order valence-corrected chi connectivity index (χ0v) is 5.82. The predicted octanol–water partition coefficient (Wildman–Crippen LogP) is 0.959. The molecule has 4 heteroatoms. The Morgan fingerprint density at radius 1 is 0.700 bits per heavy atom. The topological polar surface area (TPSA) is 18.5 Å². The summed E-state index contributed by atoms with van der Waals surface area (Å²) in [6, 6.07) is 0. The minimum atomic E-state index is -0.483. The van der Waals surface area contributed by atoms with E-state index in [0.29, 0.717) is 13.2 Å². The lowest BCUT2D eigenvalue weighted by Crippen LogP contribution is -2.07. The Morgan fingerprint density at radius 3 is 1.40 bits per heavy atom. The van der Waals surface area contributed by atoms with Gasteiger partial charge in [-0.2, -0.15) is 0 Å². The third-order valence-corrected chi connectivity index (χ3v) is 0.815. The maximum atomic E-state index is 11.3. The van der Waals surface area contributed by atoms with Gasteiger partial charge in [0.25, 0.3) is 0 Å². The van der Waals surface area contributed by atoms with Crippen LogP contribution >= 0.6 is 0 Å². The molecule has 0 saturated carbocycles. The van der Waals surface area contributed by atoms with Gasteiger partial charge in [0.15, 0.2) is 0 Å². The molecule has 0 aliphatic heterocycles. The van der Waals surface area contributed by atoms with Crippen LogP contribution < -0.4 is 0 Å². The molecule has 0 fully saturated rings. The Morgan fingerprint density at radius 2 is 1.10 bits per heavy atom. The molecule has 0 saturated heterocycles. The van der Waals surface area contributed by atoms with Crippen molar-refractivity contribution in [2.75, 3.05) is 39.8 Å². The molecule has 0 aromatic heterocycles. The molecule has 0 bridgehead atoms. The van der Waals surface area contributed by atoms with Crippen molar-refractivity contribution < 1.29 is 18.3 Å². The summed E-state index contributed by atoms with van der Waals surface area (Å²) in [6.07, 6.45) is 0. The highest BCUT2D eigenvalue weighted by atomic mass is 19.1. The zero-order chi connectivity index (χ0) is 7.66. The lowest BCUT2D eigenvalue weighted by molar-refractivity contribution is 0.0384. The van der Waals surface area contributed by atoms with Crippen LogP contribution in [0.1, 0.15) is 0 Å². The van der Waals surface area contributed by atoms with Crippen molar-refractivity contribution >= 4 is 0 Å². The van der Waals surface area contributed by atoms with E-state index in [4.69, 9.17) is 9.47 Å². The maximum absolute atomic E-state index is 11.3. The van der Waals surface area contributed by atoms with Gasteiger partial charge in [-0.15, -0.1) is 0 Å². The second-order valence-electron chi connectivity index (χ2n) is 1.60. The first-order chi connectivity index (χ1) is 4.91. The van der Waals surface area contributed by atoms with E-state index >= 15 is 0 Å². The summed E-state index contributed by atoms with van der Waals surface area (Å²) in [5.74, 6) is 0. The van der Waals surface area contributed by atoms with Crippen molar-refractivity contribution in [3.8, 4) is 0 Å². The van der Waals surface area contributed by atoms with Gasteiger partial charge in [0.05, 0.1) is 26.4 Å². The monoisotopic (exact) mass is 154 g/mol. The molecule has 0 heterocycles. The highest BCUT2D eigenvalue weighted by molar-refractivity contribution is 4.30. The summed E-state index contributed by atoms with van der Waals surface area (Å²) in [4.78, 5) is 0. The molecule has 62 valence electrons. The molecular formula is C6H12F2O2. The molecule has 0 rings (SSSR count). The Hall–Kier alpha value is -0.220. The summed E-state index contributed by atoms with van der Waals surface area (Å²) in [5, 5.41) is 0. The van der Waals surface area contributed by atoms with E-state index in [-0.39, 0.29) is 13.2 Å². The lowest BCUT2D eigenvalue weighted by Gasteiger charge is -2.00. The summed E-state index contributed by atoms with van der Waals surface area (Å²) >= 11 is 0. The number of rotatable bonds is 7. The van der Waals surface area contributed by atoms with Crippen LogP contribution in [0, 0.1) is 0 Å². The van der Waals surface area contributed by atoms with Crippen LogP contribution in [0.3, 0.4) is 0 Å². The zero-order valence-electron chi connectivity index (χ0n) is 5.82. The van der Waals surface area contributed by atoms with Crippen molar-refractivity contribution in [1.82, 2.24) is 0 Å². The molecule has 2 nitrogen and oxygen atoms in total. The van der Waals surface area contributed by atoms with Crippen molar-refractivity contribution in [2.24, 2.45) is 0 Å². The molecule has 0 unspecified atom stereocenters. The van der Waals surface area contributed by atoms with Crippen LogP contribution in [0.5, 0.6) is 0 Å². The molecule has 0 aromatic carbocycles. The Labute approximate surface area is 59.1 Å². The Bertz CT molecular complexity index is 53.7. The highest BCUT2D eigenvalue weighted by Gasteiger charge is 1.87. The van der Waals surface area contributed by atoms with Crippen LogP contribution in [-0.2, 0) is 9.47 Å².